The molecule has 4 N–H and O–H groups in total. The van der Waals surface area contributed by atoms with Gasteiger partial charge in [0.25, 0.3) is 0 Å². The summed E-state index contributed by atoms with van der Waals surface area (Å²) in [7, 11) is 0. The first-order valence-electron chi connectivity index (χ1n) is 4.93. The second kappa shape index (κ2) is 6.26. The number of carboxylic acids is 1. The molecule has 0 fully saturated rings. The van der Waals surface area contributed by atoms with Crippen molar-refractivity contribution in [1.29, 1.82) is 0 Å². The second-order valence-electron chi connectivity index (χ2n) is 3.28. The van der Waals surface area contributed by atoms with E-state index >= 15 is 0 Å². The third-order valence-electron chi connectivity index (χ3n) is 1.88. The normalized spacial score (nSPS) is 11.9. The van der Waals surface area contributed by atoms with Crippen LogP contribution >= 0.6 is 0 Å². The molecule has 0 heterocycles. The number of benzene rings is 1. The fourth-order valence-corrected chi connectivity index (χ4v) is 1.01. The number of nitrogens with zero attached hydrogens (tertiary/aromatic N) is 2. The number of aliphatic carboxylic acids is 1. The summed E-state index contributed by atoms with van der Waals surface area (Å²) in [5, 5.41) is 17.5. The minimum absolute atomic E-state index is 0.0532. The molecule has 0 saturated heterocycles. The van der Waals surface area contributed by atoms with Crippen LogP contribution in [-0.4, -0.2) is 28.4 Å². The summed E-state index contributed by atoms with van der Waals surface area (Å²) >= 11 is 0. The number of rotatable bonds is 5. The lowest BCUT2D eigenvalue weighted by atomic mass is 10.3. The van der Waals surface area contributed by atoms with Crippen LogP contribution in [0.2, 0.25) is 0 Å². The van der Waals surface area contributed by atoms with E-state index < -0.39 is 5.97 Å². The van der Waals surface area contributed by atoms with E-state index in [2.05, 4.69) is 9.98 Å². The van der Waals surface area contributed by atoms with Crippen molar-refractivity contribution in [3.63, 3.8) is 0 Å². The van der Waals surface area contributed by atoms with Gasteiger partial charge in [-0.15, -0.1) is 0 Å². The predicted octanol–water partition coefficient (Wildman–Crippen LogP) is 1.27. The number of phenolic OH excluding ortho intramolecular Hbond substituents is 1. The maximum absolute atomic E-state index is 10.3. The Bertz CT molecular complexity index is 438. The number of aliphatic imine (C=N–C) groups is 2. The fraction of sp³-hybridized carbons (Fsp3) is 0.182. The summed E-state index contributed by atoms with van der Waals surface area (Å²) in [6.07, 6.45) is 1.39. The van der Waals surface area contributed by atoms with Crippen LogP contribution in [0.5, 0.6) is 5.75 Å². The first-order valence-corrected chi connectivity index (χ1v) is 4.93. The van der Waals surface area contributed by atoms with Crippen LogP contribution in [0.15, 0.2) is 34.3 Å². The van der Waals surface area contributed by atoms with Gasteiger partial charge in [0, 0.05) is 6.42 Å². The van der Waals surface area contributed by atoms with Crippen molar-refractivity contribution in [2.75, 3.05) is 0 Å². The van der Waals surface area contributed by atoms with Gasteiger partial charge in [0.15, 0.2) is 0 Å². The lowest BCUT2D eigenvalue weighted by Crippen LogP contribution is -2.13. The van der Waals surface area contributed by atoms with Crippen molar-refractivity contribution >= 4 is 23.8 Å². The molecule has 1 aromatic rings. The molecule has 0 radical (unpaired) electrons. The summed E-state index contributed by atoms with van der Waals surface area (Å²) in [5.74, 6) is -0.540. The third-order valence-corrected chi connectivity index (χ3v) is 1.88. The number of hydrogen-bond acceptors (Lipinski definition) is 3. The largest absolute Gasteiger partial charge is 0.508 e. The first kappa shape index (κ1) is 12.7. The van der Waals surface area contributed by atoms with Gasteiger partial charge in [-0.05, 0) is 24.3 Å². The van der Waals surface area contributed by atoms with Gasteiger partial charge >= 0.3 is 5.97 Å². The van der Waals surface area contributed by atoms with Gasteiger partial charge in [-0.25, -0.2) is 9.98 Å². The highest BCUT2D eigenvalue weighted by Gasteiger charge is 1.98. The fourth-order valence-electron chi connectivity index (χ4n) is 1.01. The van der Waals surface area contributed by atoms with E-state index in [1.165, 1.54) is 18.5 Å². The quantitative estimate of drug-likeness (QED) is 0.527. The molecule has 0 amide bonds. The van der Waals surface area contributed by atoms with Crippen LogP contribution in [0.25, 0.3) is 0 Å². The van der Waals surface area contributed by atoms with Gasteiger partial charge in [0.1, 0.15) is 17.9 Å². The summed E-state index contributed by atoms with van der Waals surface area (Å²) < 4.78 is 0. The first-order chi connectivity index (χ1) is 8.08. The lowest BCUT2D eigenvalue weighted by Gasteiger charge is -1.95. The van der Waals surface area contributed by atoms with E-state index in [1.54, 1.807) is 12.1 Å². The molecule has 90 valence electrons. The maximum atomic E-state index is 10.3. The van der Waals surface area contributed by atoms with E-state index in [9.17, 15) is 4.79 Å². The van der Waals surface area contributed by atoms with E-state index in [4.69, 9.17) is 15.9 Å². The van der Waals surface area contributed by atoms with Gasteiger partial charge in [-0.2, -0.15) is 0 Å². The number of aromatic hydroxyl groups is 1. The Balaban J connectivity index is 2.51. The van der Waals surface area contributed by atoms with Crippen molar-refractivity contribution < 1.29 is 15.0 Å². The Morgan fingerprint density at radius 2 is 1.94 bits per heavy atom. The molecule has 0 atom stereocenters. The van der Waals surface area contributed by atoms with Crippen LogP contribution in [0.3, 0.4) is 0 Å². The summed E-state index contributed by atoms with van der Waals surface area (Å²) in [5.41, 5.74) is 6.09. The number of phenols is 1. The number of nitrogens with two attached hydrogens (primary N) is 1. The molecule has 1 rings (SSSR count). The van der Waals surface area contributed by atoms with E-state index in [-0.39, 0.29) is 24.4 Å². The SMILES string of the molecule is NC(CCC(=O)O)=NC=Nc1ccc(O)cc1. The van der Waals surface area contributed by atoms with Crippen molar-refractivity contribution in [3.8, 4) is 5.75 Å². The molecular formula is C11H13N3O3. The van der Waals surface area contributed by atoms with Crippen molar-refractivity contribution in [2.45, 2.75) is 12.8 Å². The molecule has 6 nitrogen and oxygen atoms in total. The Morgan fingerprint density at radius 3 is 2.53 bits per heavy atom. The maximum Gasteiger partial charge on any atom is 0.303 e. The average molecular weight is 235 g/mol. The smallest absolute Gasteiger partial charge is 0.303 e. The Kier molecular flexibility index (Phi) is 4.68. The molecule has 0 aliphatic heterocycles. The van der Waals surface area contributed by atoms with E-state index in [1.807, 2.05) is 0 Å². The van der Waals surface area contributed by atoms with Crippen LogP contribution in [0.4, 0.5) is 5.69 Å². The molecule has 1 aromatic carbocycles. The molecule has 17 heavy (non-hydrogen) atoms. The Hall–Kier alpha value is -2.37. The number of carboxylic acid groups (broad SMARTS) is 1. The van der Waals surface area contributed by atoms with Gasteiger partial charge in [0.2, 0.25) is 0 Å². The van der Waals surface area contributed by atoms with Crippen molar-refractivity contribution in [3.05, 3.63) is 24.3 Å². The molecule has 0 bridgehead atoms. The van der Waals surface area contributed by atoms with Crippen LogP contribution in [0, 0.1) is 0 Å². The topological polar surface area (TPSA) is 108 Å². The van der Waals surface area contributed by atoms with E-state index in [0.717, 1.165) is 0 Å². The molecule has 0 unspecified atom stereocenters. The second-order valence-corrected chi connectivity index (χ2v) is 3.28. The highest BCUT2D eigenvalue weighted by Crippen LogP contribution is 2.15. The van der Waals surface area contributed by atoms with Gasteiger partial charge in [-0.1, -0.05) is 0 Å². The van der Waals surface area contributed by atoms with Crippen molar-refractivity contribution in [1.82, 2.24) is 0 Å². The van der Waals surface area contributed by atoms with Gasteiger partial charge < -0.3 is 15.9 Å². The van der Waals surface area contributed by atoms with Gasteiger partial charge in [-0.3, -0.25) is 4.79 Å². The van der Waals surface area contributed by atoms with Crippen molar-refractivity contribution in [2.24, 2.45) is 15.7 Å². The molecule has 0 aliphatic rings. The monoisotopic (exact) mass is 235 g/mol. The molecule has 0 aliphatic carbocycles. The number of amidine groups is 1. The molecular weight excluding hydrogens is 222 g/mol. The average Bonchev–Trinajstić information content (AvgIpc) is 2.29. The minimum Gasteiger partial charge on any atom is -0.508 e. The van der Waals surface area contributed by atoms with Crippen LogP contribution < -0.4 is 5.73 Å². The van der Waals surface area contributed by atoms with Gasteiger partial charge in [0.05, 0.1) is 12.1 Å². The zero-order valence-corrected chi connectivity index (χ0v) is 9.08. The molecule has 6 heteroatoms. The Morgan fingerprint density at radius 1 is 1.29 bits per heavy atom. The standard InChI is InChI=1S/C11H13N3O3/c12-10(5-6-11(16)17)14-7-13-8-1-3-9(15)4-2-8/h1-4,7,15H,5-6H2,(H,16,17)(H2,12,13,14). The highest BCUT2D eigenvalue weighted by atomic mass is 16.4. The molecule has 0 spiro atoms. The molecule has 0 aromatic heterocycles. The zero-order valence-electron chi connectivity index (χ0n) is 9.08. The van der Waals surface area contributed by atoms with E-state index in [0.29, 0.717) is 5.69 Å². The third kappa shape index (κ3) is 5.31. The minimum atomic E-state index is -0.918. The predicted molar refractivity (Wildman–Crippen MR) is 64.8 cm³/mol. The summed E-state index contributed by atoms with van der Waals surface area (Å²) in [4.78, 5) is 18.0. The summed E-state index contributed by atoms with van der Waals surface area (Å²) in [6.45, 7) is 0. The highest BCUT2D eigenvalue weighted by molar-refractivity contribution is 5.89. The number of hydrogen-bond donors (Lipinski definition) is 3. The zero-order chi connectivity index (χ0) is 12.7. The summed E-state index contributed by atoms with van der Waals surface area (Å²) in [6, 6.07) is 6.25. The lowest BCUT2D eigenvalue weighted by molar-refractivity contribution is -0.136. The van der Waals surface area contributed by atoms with Crippen LogP contribution in [0.1, 0.15) is 12.8 Å². The Labute approximate surface area is 98.1 Å². The number of carbonyl (C=O) groups is 1. The van der Waals surface area contributed by atoms with Crippen LogP contribution in [-0.2, 0) is 4.79 Å². The molecule has 0 saturated carbocycles.